The molecule has 0 saturated carbocycles. The number of amides is 3. The number of urea groups is 1. The number of rotatable bonds is 9. The van der Waals surface area contributed by atoms with Gasteiger partial charge in [-0.05, 0) is 69.2 Å². The Labute approximate surface area is 206 Å². The molecule has 5 N–H and O–H groups in total. The van der Waals surface area contributed by atoms with Crippen LogP contribution >= 0.6 is 0 Å². The lowest BCUT2D eigenvalue weighted by Gasteiger charge is -2.32. The van der Waals surface area contributed by atoms with Gasteiger partial charge < -0.3 is 40.7 Å². The molecule has 0 spiro atoms. The van der Waals surface area contributed by atoms with Crippen LogP contribution in [0, 0.1) is 0 Å². The van der Waals surface area contributed by atoms with E-state index in [1.807, 2.05) is 20.8 Å². The van der Waals surface area contributed by atoms with Crippen LogP contribution in [-0.2, 0) is 28.6 Å². The van der Waals surface area contributed by atoms with Crippen molar-refractivity contribution in [3.05, 3.63) is 0 Å². The predicted octanol–water partition coefficient (Wildman–Crippen LogP) is 1.54. The van der Waals surface area contributed by atoms with Crippen molar-refractivity contribution in [2.45, 2.75) is 98.2 Å². The van der Waals surface area contributed by atoms with Crippen LogP contribution in [0.25, 0.3) is 0 Å². The highest BCUT2D eigenvalue weighted by Crippen LogP contribution is 2.16. The van der Waals surface area contributed by atoms with Crippen molar-refractivity contribution in [3.63, 3.8) is 0 Å². The predicted molar refractivity (Wildman–Crippen MR) is 128 cm³/mol. The van der Waals surface area contributed by atoms with E-state index in [9.17, 15) is 19.2 Å². The molecule has 0 aromatic carbocycles. The van der Waals surface area contributed by atoms with Crippen LogP contribution in [0.15, 0.2) is 5.16 Å². The lowest BCUT2D eigenvalue weighted by atomic mass is 10.1. The van der Waals surface area contributed by atoms with Gasteiger partial charge in [0.15, 0.2) is 11.9 Å². The highest BCUT2D eigenvalue weighted by atomic mass is 16.7. The summed E-state index contributed by atoms with van der Waals surface area (Å²) in [5.74, 6) is -1.81. The topological polar surface area (TPSA) is 180 Å². The third-order valence-electron chi connectivity index (χ3n) is 3.43. The summed E-state index contributed by atoms with van der Waals surface area (Å²) in [5, 5.41) is 10.5. The van der Waals surface area contributed by atoms with Crippen molar-refractivity contribution in [3.8, 4) is 0 Å². The Kier molecular flexibility index (Phi) is 12.0. The summed E-state index contributed by atoms with van der Waals surface area (Å²) in [7, 11) is 0. The minimum atomic E-state index is -1.11. The molecule has 0 aliphatic rings. The number of carbonyl (C=O) groups is 4. The lowest BCUT2D eigenvalue weighted by Crippen LogP contribution is -2.55. The largest absolute Gasteiger partial charge is 0.458 e. The van der Waals surface area contributed by atoms with Crippen molar-refractivity contribution in [1.82, 2.24) is 16.0 Å². The number of nitrogens with zero attached hydrogens (tertiary/aromatic N) is 1. The second-order valence-corrected chi connectivity index (χ2v) is 10.7. The van der Waals surface area contributed by atoms with Crippen LogP contribution in [0.3, 0.4) is 0 Å². The van der Waals surface area contributed by atoms with Crippen LogP contribution in [-0.4, -0.2) is 71.9 Å². The molecule has 2 atom stereocenters. The zero-order valence-corrected chi connectivity index (χ0v) is 22.4. The molecule has 13 heteroatoms. The van der Waals surface area contributed by atoms with E-state index in [2.05, 4.69) is 25.9 Å². The number of alkyl carbamates (subject to hydrolysis) is 1. The van der Waals surface area contributed by atoms with Gasteiger partial charge in [-0.1, -0.05) is 5.16 Å². The Balaban J connectivity index is 4.83. The van der Waals surface area contributed by atoms with Crippen LogP contribution in [0.2, 0.25) is 0 Å². The van der Waals surface area contributed by atoms with E-state index in [-0.39, 0.29) is 12.4 Å². The molecule has 35 heavy (non-hydrogen) atoms. The molecule has 0 aromatic heterocycles. The van der Waals surface area contributed by atoms with Gasteiger partial charge in [0.1, 0.15) is 17.7 Å². The van der Waals surface area contributed by atoms with Crippen molar-refractivity contribution >= 4 is 29.9 Å². The summed E-state index contributed by atoms with van der Waals surface area (Å²) in [5.41, 5.74) is 3.57. The molecular weight excluding hydrogens is 462 g/mol. The Morgan fingerprint density at radius 1 is 0.829 bits per heavy atom. The van der Waals surface area contributed by atoms with Crippen molar-refractivity contribution in [2.24, 2.45) is 10.9 Å². The van der Waals surface area contributed by atoms with Crippen molar-refractivity contribution < 1.29 is 38.2 Å². The van der Waals surface area contributed by atoms with Crippen molar-refractivity contribution in [1.29, 1.82) is 0 Å². The summed E-state index contributed by atoms with van der Waals surface area (Å²) in [4.78, 5) is 52.7. The summed E-state index contributed by atoms with van der Waals surface area (Å²) >= 11 is 0. The maximum Gasteiger partial charge on any atom is 0.408 e. The summed E-state index contributed by atoms with van der Waals surface area (Å²) in [6, 6.07) is -1.86. The fourth-order valence-corrected chi connectivity index (χ4v) is 2.35. The average Bonchev–Trinajstić information content (AvgIpc) is 2.62. The Morgan fingerprint density at radius 2 is 1.37 bits per heavy atom. The van der Waals surface area contributed by atoms with Gasteiger partial charge in [-0.3, -0.25) is 0 Å². The standard InChI is InChI=1S/C22H41N5O8/c1-13(32-20(2,3)4)16(17(29)33-21(5,6)7)26-18(30)24-11-14(23)27-35-15(28)12-25-19(31)34-22(8,9)10/h13,16H,11-12H2,1-10H3,(H2,23,27)(H,25,31)(H2,24,26,30). The average molecular weight is 504 g/mol. The molecular formula is C22H41N5O8. The first-order valence-corrected chi connectivity index (χ1v) is 11.1. The number of oxime groups is 1. The van der Waals surface area contributed by atoms with E-state index >= 15 is 0 Å². The van der Waals surface area contributed by atoms with Gasteiger partial charge in [-0.15, -0.1) is 0 Å². The first-order valence-electron chi connectivity index (χ1n) is 11.1. The highest BCUT2D eigenvalue weighted by Gasteiger charge is 2.34. The quantitative estimate of drug-likeness (QED) is 0.119. The first-order chi connectivity index (χ1) is 15.7. The van der Waals surface area contributed by atoms with Gasteiger partial charge in [0.05, 0.1) is 18.2 Å². The van der Waals surface area contributed by atoms with Gasteiger partial charge >= 0.3 is 24.1 Å². The molecule has 0 heterocycles. The number of ether oxygens (including phenoxy) is 3. The van der Waals surface area contributed by atoms with Gasteiger partial charge in [-0.2, -0.15) is 0 Å². The number of carbonyl (C=O) groups excluding carboxylic acids is 4. The molecule has 0 aliphatic carbocycles. The number of amidine groups is 1. The summed E-state index contributed by atoms with van der Waals surface area (Å²) in [6.07, 6.45) is -1.51. The van der Waals surface area contributed by atoms with Gasteiger partial charge in [0.2, 0.25) is 0 Å². The molecule has 0 radical (unpaired) electrons. The smallest absolute Gasteiger partial charge is 0.408 e. The zero-order chi connectivity index (χ0) is 27.6. The molecule has 0 aromatic rings. The normalized spacial score (nSPS) is 14.3. The van der Waals surface area contributed by atoms with Crippen molar-refractivity contribution in [2.75, 3.05) is 13.1 Å². The fourth-order valence-electron chi connectivity index (χ4n) is 2.35. The van der Waals surface area contributed by atoms with E-state index in [1.54, 1.807) is 48.5 Å². The SMILES string of the molecule is CC(OC(C)(C)C)C(NC(=O)NC/C(N)=N/OC(=O)CNC(=O)OC(C)(C)C)C(=O)OC(C)(C)C. The van der Waals surface area contributed by atoms with Gasteiger partial charge in [-0.25, -0.2) is 19.2 Å². The third-order valence-corrected chi connectivity index (χ3v) is 3.43. The van der Waals surface area contributed by atoms with Crippen LogP contribution in [0.5, 0.6) is 0 Å². The second-order valence-electron chi connectivity index (χ2n) is 10.7. The maximum atomic E-state index is 12.6. The molecule has 0 aliphatic heterocycles. The highest BCUT2D eigenvalue weighted by molar-refractivity contribution is 5.89. The third kappa shape index (κ3) is 17.1. The Bertz CT molecular complexity index is 778. The molecule has 13 nitrogen and oxygen atoms in total. The number of hydrogen-bond acceptors (Lipinski definition) is 9. The van der Waals surface area contributed by atoms with Crippen LogP contribution in [0.4, 0.5) is 9.59 Å². The number of nitrogens with one attached hydrogen (secondary N) is 3. The monoisotopic (exact) mass is 503 g/mol. The molecule has 3 amide bonds. The summed E-state index contributed by atoms with van der Waals surface area (Å²) < 4.78 is 16.2. The summed E-state index contributed by atoms with van der Waals surface area (Å²) in [6.45, 7) is 16.4. The van der Waals surface area contributed by atoms with E-state index in [0.29, 0.717) is 0 Å². The Hall–Kier alpha value is -3.09. The van der Waals surface area contributed by atoms with E-state index in [1.165, 1.54) is 0 Å². The minimum Gasteiger partial charge on any atom is -0.458 e. The van der Waals surface area contributed by atoms with E-state index in [4.69, 9.17) is 19.9 Å². The molecule has 202 valence electrons. The number of nitrogens with two attached hydrogens (primary N) is 1. The molecule has 2 unspecified atom stereocenters. The second kappa shape index (κ2) is 13.1. The number of hydrogen-bond donors (Lipinski definition) is 4. The number of esters is 1. The van der Waals surface area contributed by atoms with Crippen LogP contribution in [0.1, 0.15) is 69.2 Å². The molecule has 0 bridgehead atoms. The molecule has 0 fully saturated rings. The van der Waals surface area contributed by atoms with Crippen LogP contribution < -0.4 is 21.7 Å². The minimum absolute atomic E-state index is 0.237. The van der Waals surface area contributed by atoms with Gasteiger partial charge in [0, 0.05) is 0 Å². The Morgan fingerprint density at radius 3 is 1.86 bits per heavy atom. The first kappa shape index (κ1) is 31.9. The molecule has 0 saturated heterocycles. The van der Waals surface area contributed by atoms with E-state index < -0.39 is 59.6 Å². The maximum absolute atomic E-state index is 12.6. The van der Waals surface area contributed by atoms with Gasteiger partial charge in [0.25, 0.3) is 0 Å². The van der Waals surface area contributed by atoms with E-state index in [0.717, 1.165) is 0 Å². The zero-order valence-electron chi connectivity index (χ0n) is 22.4. The molecule has 0 rings (SSSR count). The fraction of sp³-hybridized carbons (Fsp3) is 0.773. The lowest BCUT2D eigenvalue weighted by molar-refractivity contribution is -0.164.